The molecule has 4 nitrogen and oxygen atoms in total. The number of fused-ring (bicyclic) bond motifs is 1. The van der Waals surface area contributed by atoms with Gasteiger partial charge in [0.15, 0.2) is 11.5 Å². The molecule has 19 heavy (non-hydrogen) atoms. The molecule has 1 heterocycles. The fraction of sp³-hybridized carbons (Fsp3) is 0.500. The summed E-state index contributed by atoms with van der Waals surface area (Å²) in [6.07, 6.45) is 0. The Bertz CT molecular complexity index is 497. The lowest BCUT2D eigenvalue weighted by atomic mass is 10.1. The molecule has 0 radical (unpaired) electrons. The average molecular weight is 325 g/mol. The van der Waals surface area contributed by atoms with Gasteiger partial charge in [0.05, 0.1) is 12.6 Å². The molecule has 1 aliphatic heterocycles. The maximum absolute atomic E-state index is 8.88. The minimum atomic E-state index is 0.319. The average Bonchev–Trinajstić information content (AvgIpc) is 2.38. The molecule has 1 aromatic rings. The molecule has 2 rings (SSSR count). The lowest BCUT2D eigenvalue weighted by molar-refractivity contribution is 0.170. The number of hydrogen-bond donors (Lipinski definition) is 0. The van der Waals surface area contributed by atoms with Crippen molar-refractivity contribution in [1.82, 2.24) is 4.90 Å². The molecule has 0 fully saturated rings. The Hall–Kier alpha value is -1.25. The molecular formula is C14H17BrN2O2. The first kappa shape index (κ1) is 14.2. The zero-order chi connectivity index (χ0) is 13.8. The quantitative estimate of drug-likeness (QED) is 0.799. The molecule has 0 atom stereocenters. The number of benzene rings is 1. The molecule has 0 spiro atoms. The molecule has 0 aromatic heterocycles. The molecule has 0 amide bonds. The third kappa shape index (κ3) is 3.40. The first-order chi connectivity index (χ1) is 9.11. The summed E-state index contributed by atoms with van der Waals surface area (Å²) in [6.45, 7) is 6.47. The highest BCUT2D eigenvalue weighted by molar-refractivity contribution is 9.10. The van der Waals surface area contributed by atoms with Gasteiger partial charge in [-0.25, -0.2) is 0 Å². The van der Waals surface area contributed by atoms with Gasteiger partial charge < -0.3 is 9.47 Å². The van der Waals surface area contributed by atoms with Gasteiger partial charge in [0, 0.05) is 17.1 Å². The monoisotopic (exact) mass is 324 g/mol. The summed E-state index contributed by atoms with van der Waals surface area (Å²) in [7, 11) is 0. The van der Waals surface area contributed by atoms with E-state index < -0.39 is 0 Å². The SMILES string of the molecule is CC(C)N(CC#N)Cc1cc2c(cc1Br)OCCO2. The topological polar surface area (TPSA) is 45.5 Å². The molecular weight excluding hydrogens is 308 g/mol. The van der Waals surface area contributed by atoms with Crippen LogP contribution >= 0.6 is 15.9 Å². The lowest BCUT2D eigenvalue weighted by Crippen LogP contribution is -2.30. The van der Waals surface area contributed by atoms with Crippen LogP contribution < -0.4 is 9.47 Å². The normalized spacial score (nSPS) is 13.7. The summed E-state index contributed by atoms with van der Waals surface area (Å²) >= 11 is 3.56. The van der Waals surface area contributed by atoms with Crippen molar-refractivity contribution in [3.05, 3.63) is 22.2 Å². The summed E-state index contributed by atoms with van der Waals surface area (Å²) in [6, 6.07) is 6.46. The molecule has 0 saturated carbocycles. The molecule has 0 unspecified atom stereocenters. The first-order valence-electron chi connectivity index (χ1n) is 6.31. The van der Waals surface area contributed by atoms with Crippen molar-refractivity contribution >= 4 is 15.9 Å². The summed E-state index contributed by atoms with van der Waals surface area (Å²) in [5, 5.41) is 8.88. The van der Waals surface area contributed by atoms with Gasteiger partial charge >= 0.3 is 0 Å². The van der Waals surface area contributed by atoms with Crippen LogP contribution in [0.3, 0.4) is 0 Å². The highest BCUT2D eigenvalue weighted by atomic mass is 79.9. The molecule has 0 bridgehead atoms. The second kappa shape index (κ2) is 6.27. The van der Waals surface area contributed by atoms with E-state index in [0.717, 1.165) is 21.5 Å². The predicted octanol–water partition coefficient (Wildman–Crippen LogP) is 2.95. The van der Waals surface area contributed by atoms with Crippen molar-refractivity contribution < 1.29 is 9.47 Å². The molecule has 0 aliphatic carbocycles. The molecule has 102 valence electrons. The van der Waals surface area contributed by atoms with Gasteiger partial charge in [0.2, 0.25) is 0 Å². The third-order valence-electron chi connectivity index (χ3n) is 3.09. The molecule has 0 saturated heterocycles. The van der Waals surface area contributed by atoms with Gasteiger partial charge in [-0.15, -0.1) is 0 Å². The van der Waals surface area contributed by atoms with Crippen molar-refractivity contribution in [2.45, 2.75) is 26.4 Å². The summed E-state index contributed by atoms with van der Waals surface area (Å²) in [5.74, 6) is 1.56. The Kier molecular flexibility index (Phi) is 4.67. The van der Waals surface area contributed by atoms with Gasteiger partial charge in [-0.2, -0.15) is 5.26 Å². The van der Waals surface area contributed by atoms with Gasteiger partial charge in [-0.1, -0.05) is 15.9 Å². The minimum Gasteiger partial charge on any atom is -0.486 e. The van der Waals surface area contributed by atoms with E-state index in [-0.39, 0.29) is 0 Å². The van der Waals surface area contributed by atoms with Crippen molar-refractivity contribution in [3.63, 3.8) is 0 Å². The summed E-state index contributed by atoms with van der Waals surface area (Å²) in [5.41, 5.74) is 1.10. The summed E-state index contributed by atoms with van der Waals surface area (Å²) in [4.78, 5) is 2.11. The zero-order valence-corrected chi connectivity index (χ0v) is 12.7. The highest BCUT2D eigenvalue weighted by Gasteiger charge is 2.17. The summed E-state index contributed by atoms with van der Waals surface area (Å²) < 4.78 is 12.1. The maximum atomic E-state index is 8.88. The fourth-order valence-electron chi connectivity index (χ4n) is 1.96. The zero-order valence-electron chi connectivity index (χ0n) is 11.1. The van der Waals surface area contributed by atoms with E-state index in [1.165, 1.54) is 0 Å². The van der Waals surface area contributed by atoms with E-state index in [9.17, 15) is 0 Å². The van der Waals surface area contributed by atoms with Crippen molar-refractivity contribution in [2.24, 2.45) is 0 Å². The van der Waals surface area contributed by atoms with E-state index in [4.69, 9.17) is 14.7 Å². The Labute approximate surface area is 122 Å². The Balaban J connectivity index is 2.22. The molecule has 1 aliphatic rings. The molecule has 0 N–H and O–H groups in total. The van der Waals surface area contributed by atoms with E-state index in [1.54, 1.807) is 0 Å². The number of nitriles is 1. The number of halogens is 1. The van der Waals surface area contributed by atoms with Crippen LogP contribution in [0.2, 0.25) is 0 Å². The minimum absolute atomic E-state index is 0.319. The van der Waals surface area contributed by atoms with Gasteiger partial charge in [-0.05, 0) is 31.5 Å². The van der Waals surface area contributed by atoms with E-state index in [0.29, 0.717) is 32.3 Å². The van der Waals surface area contributed by atoms with Crippen LogP contribution in [0.5, 0.6) is 11.5 Å². The third-order valence-corrected chi connectivity index (χ3v) is 3.83. The lowest BCUT2D eigenvalue weighted by Gasteiger charge is -2.25. The largest absolute Gasteiger partial charge is 0.486 e. The van der Waals surface area contributed by atoms with Gasteiger partial charge in [0.1, 0.15) is 13.2 Å². The van der Waals surface area contributed by atoms with Crippen LogP contribution in [0.25, 0.3) is 0 Å². The van der Waals surface area contributed by atoms with Gasteiger partial charge in [0.25, 0.3) is 0 Å². The predicted molar refractivity (Wildman–Crippen MR) is 76.3 cm³/mol. The van der Waals surface area contributed by atoms with Crippen molar-refractivity contribution in [3.8, 4) is 17.6 Å². The Morgan fingerprint density at radius 1 is 1.32 bits per heavy atom. The standard InChI is InChI=1S/C14H17BrN2O2/c1-10(2)17(4-3-16)9-11-7-13-14(8-12(11)15)19-6-5-18-13/h7-8,10H,4-6,9H2,1-2H3. The van der Waals surface area contributed by atoms with Crippen LogP contribution in [0, 0.1) is 11.3 Å². The second-order valence-corrected chi connectivity index (χ2v) is 5.60. The van der Waals surface area contributed by atoms with Crippen LogP contribution in [0.15, 0.2) is 16.6 Å². The maximum Gasteiger partial charge on any atom is 0.162 e. The van der Waals surface area contributed by atoms with E-state index >= 15 is 0 Å². The second-order valence-electron chi connectivity index (χ2n) is 4.74. The fourth-order valence-corrected chi connectivity index (χ4v) is 2.41. The van der Waals surface area contributed by atoms with Crippen LogP contribution in [-0.2, 0) is 6.54 Å². The number of rotatable bonds is 4. The molecule has 1 aromatic carbocycles. The van der Waals surface area contributed by atoms with Crippen LogP contribution in [0.1, 0.15) is 19.4 Å². The van der Waals surface area contributed by atoms with Crippen molar-refractivity contribution in [1.29, 1.82) is 5.26 Å². The number of nitrogens with zero attached hydrogens (tertiary/aromatic N) is 2. The van der Waals surface area contributed by atoms with Crippen LogP contribution in [-0.4, -0.2) is 30.7 Å². The molecule has 5 heteroatoms. The van der Waals surface area contributed by atoms with Crippen LogP contribution in [0.4, 0.5) is 0 Å². The van der Waals surface area contributed by atoms with Gasteiger partial charge in [-0.3, -0.25) is 4.90 Å². The first-order valence-corrected chi connectivity index (χ1v) is 7.10. The van der Waals surface area contributed by atoms with E-state index in [1.807, 2.05) is 12.1 Å². The highest BCUT2D eigenvalue weighted by Crippen LogP contribution is 2.36. The Morgan fingerprint density at radius 3 is 2.53 bits per heavy atom. The number of hydrogen-bond acceptors (Lipinski definition) is 4. The van der Waals surface area contributed by atoms with E-state index in [2.05, 4.69) is 40.7 Å². The number of ether oxygens (including phenoxy) is 2. The smallest absolute Gasteiger partial charge is 0.162 e. The Morgan fingerprint density at radius 2 is 1.95 bits per heavy atom. The van der Waals surface area contributed by atoms with Crippen molar-refractivity contribution in [2.75, 3.05) is 19.8 Å².